The molecular formula is C19H23BrN2O3S. The second-order valence-corrected chi connectivity index (χ2v) is 9.17. The van der Waals surface area contributed by atoms with Gasteiger partial charge in [-0.2, -0.15) is 0 Å². The summed E-state index contributed by atoms with van der Waals surface area (Å²) in [6, 6.07) is 10.9. The Morgan fingerprint density at radius 3 is 2.54 bits per heavy atom. The first-order valence-corrected chi connectivity index (χ1v) is 10.7. The second-order valence-electron chi connectivity index (χ2n) is 6.67. The Morgan fingerprint density at radius 1 is 1.15 bits per heavy atom. The summed E-state index contributed by atoms with van der Waals surface area (Å²) in [7, 11) is 2.12. The highest BCUT2D eigenvalue weighted by Gasteiger charge is 2.27. The Balaban J connectivity index is 2.00. The van der Waals surface area contributed by atoms with E-state index in [4.69, 9.17) is 4.74 Å². The predicted molar refractivity (Wildman–Crippen MR) is 107 cm³/mol. The standard InChI is InChI=1S/C19H23BrN2O3S/c1-22(2)13-8-9-14-15(12-13)18(25-3)11-10-17(14)21-26(23,24)19-7-5-4-6-16(19)20/h4-7,10-11,13,21H,8-9,12H2,1-3H3. The lowest BCUT2D eigenvalue weighted by atomic mass is 9.86. The summed E-state index contributed by atoms with van der Waals surface area (Å²) in [4.78, 5) is 2.44. The molecule has 0 aliphatic heterocycles. The molecule has 0 fully saturated rings. The van der Waals surface area contributed by atoms with Crippen LogP contribution >= 0.6 is 15.9 Å². The molecule has 1 atom stereocenters. The molecule has 0 saturated heterocycles. The van der Waals surface area contributed by atoms with E-state index in [1.54, 1.807) is 37.4 Å². The number of halogens is 1. The van der Waals surface area contributed by atoms with Crippen molar-refractivity contribution in [1.29, 1.82) is 0 Å². The molecule has 0 radical (unpaired) electrons. The zero-order chi connectivity index (χ0) is 18.9. The molecule has 3 rings (SSSR count). The van der Waals surface area contributed by atoms with Crippen molar-refractivity contribution in [2.24, 2.45) is 0 Å². The van der Waals surface area contributed by atoms with E-state index in [1.165, 1.54) is 0 Å². The van der Waals surface area contributed by atoms with Gasteiger partial charge < -0.3 is 9.64 Å². The van der Waals surface area contributed by atoms with E-state index in [0.717, 1.165) is 36.1 Å². The largest absolute Gasteiger partial charge is 0.496 e. The molecule has 5 nitrogen and oxygen atoms in total. The van der Waals surface area contributed by atoms with Crippen LogP contribution in [0.25, 0.3) is 0 Å². The van der Waals surface area contributed by atoms with Crippen molar-refractivity contribution in [1.82, 2.24) is 4.90 Å². The summed E-state index contributed by atoms with van der Waals surface area (Å²) in [5.74, 6) is 0.815. The Hall–Kier alpha value is -1.57. The van der Waals surface area contributed by atoms with Gasteiger partial charge in [-0.3, -0.25) is 4.72 Å². The van der Waals surface area contributed by atoms with Crippen molar-refractivity contribution in [3.05, 3.63) is 52.0 Å². The molecule has 26 heavy (non-hydrogen) atoms. The van der Waals surface area contributed by atoms with Crippen LogP contribution in [-0.2, 0) is 22.9 Å². The van der Waals surface area contributed by atoms with Gasteiger partial charge in [-0.1, -0.05) is 12.1 Å². The fourth-order valence-corrected chi connectivity index (χ4v) is 5.52. The molecule has 0 bridgehead atoms. The van der Waals surface area contributed by atoms with E-state index >= 15 is 0 Å². The zero-order valence-corrected chi connectivity index (χ0v) is 17.5. The number of sulfonamides is 1. The van der Waals surface area contributed by atoms with Crippen molar-refractivity contribution < 1.29 is 13.2 Å². The van der Waals surface area contributed by atoms with Gasteiger partial charge in [0, 0.05) is 16.1 Å². The third-order valence-electron chi connectivity index (χ3n) is 4.88. The van der Waals surface area contributed by atoms with Crippen molar-refractivity contribution in [2.75, 3.05) is 25.9 Å². The number of rotatable bonds is 5. The number of nitrogens with zero attached hydrogens (tertiary/aromatic N) is 1. The molecule has 0 amide bonds. The SMILES string of the molecule is COc1ccc(NS(=O)(=O)c2ccccc2Br)c2c1CC(N(C)C)CC2. The normalized spacial score (nSPS) is 17.0. The number of ether oxygens (including phenoxy) is 1. The Labute approximate surface area is 163 Å². The summed E-state index contributed by atoms with van der Waals surface area (Å²) in [6.45, 7) is 0. The molecule has 0 spiro atoms. The van der Waals surface area contributed by atoms with Gasteiger partial charge >= 0.3 is 0 Å². The molecule has 7 heteroatoms. The Bertz CT molecular complexity index is 913. The highest BCUT2D eigenvalue weighted by atomic mass is 79.9. The number of nitrogens with one attached hydrogen (secondary N) is 1. The lowest BCUT2D eigenvalue weighted by molar-refractivity contribution is 0.265. The zero-order valence-electron chi connectivity index (χ0n) is 15.1. The molecule has 2 aromatic carbocycles. The van der Waals surface area contributed by atoms with Gasteiger partial charge in [-0.25, -0.2) is 8.42 Å². The highest BCUT2D eigenvalue weighted by molar-refractivity contribution is 9.10. The highest BCUT2D eigenvalue weighted by Crippen LogP contribution is 2.37. The number of benzene rings is 2. The van der Waals surface area contributed by atoms with Crippen LogP contribution in [0.5, 0.6) is 5.75 Å². The minimum atomic E-state index is -3.68. The lowest BCUT2D eigenvalue weighted by Crippen LogP contribution is -2.34. The summed E-state index contributed by atoms with van der Waals surface area (Å²) < 4.78 is 34.6. The molecule has 1 unspecified atom stereocenters. The van der Waals surface area contributed by atoms with Crippen LogP contribution in [0.1, 0.15) is 17.5 Å². The Morgan fingerprint density at radius 2 is 1.88 bits per heavy atom. The molecule has 0 aromatic heterocycles. The van der Waals surface area contributed by atoms with Crippen molar-refractivity contribution in [3.63, 3.8) is 0 Å². The molecule has 1 aliphatic carbocycles. The van der Waals surface area contributed by atoms with E-state index in [9.17, 15) is 8.42 Å². The number of hydrogen-bond acceptors (Lipinski definition) is 4. The Kier molecular flexibility index (Phi) is 5.60. The average Bonchev–Trinajstić information content (AvgIpc) is 2.61. The molecule has 1 N–H and O–H groups in total. The van der Waals surface area contributed by atoms with Crippen LogP contribution in [0.4, 0.5) is 5.69 Å². The summed E-state index contributed by atoms with van der Waals surface area (Å²) in [6.07, 6.45) is 2.64. The van der Waals surface area contributed by atoms with Gasteiger partial charge in [0.2, 0.25) is 0 Å². The third kappa shape index (κ3) is 3.75. The monoisotopic (exact) mass is 438 g/mol. The van der Waals surface area contributed by atoms with Crippen LogP contribution in [0.15, 0.2) is 45.8 Å². The average molecular weight is 439 g/mol. The van der Waals surface area contributed by atoms with E-state index in [-0.39, 0.29) is 4.90 Å². The summed E-state index contributed by atoms with van der Waals surface area (Å²) in [5, 5.41) is 0. The van der Waals surface area contributed by atoms with Crippen LogP contribution < -0.4 is 9.46 Å². The number of fused-ring (bicyclic) bond motifs is 1. The minimum Gasteiger partial charge on any atom is -0.496 e. The van der Waals surface area contributed by atoms with E-state index in [0.29, 0.717) is 16.2 Å². The van der Waals surface area contributed by atoms with E-state index in [2.05, 4.69) is 39.6 Å². The number of methoxy groups -OCH3 is 1. The van der Waals surface area contributed by atoms with Crippen LogP contribution in [0.3, 0.4) is 0 Å². The van der Waals surface area contributed by atoms with Gasteiger partial charge in [-0.05, 0) is 79.1 Å². The molecule has 0 saturated carbocycles. The van der Waals surface area contributed by atoms with Gasteiger partial charge in [0.05, 0.1) is 12.8 Å². The maximum absolute atomic E-state index is 12.9. The maximum Gasteiger partial charge on any atom is 0.263 e. The number of hydrogen-bond donors (Lipinski definition) is 1. The van der Waals surface area contributed by atoms with Crippen LogP contribution in [-0.4, -0.2) is 40.6 Å². The fourth-order valence-electron chi connectivity index (χ4n) is 3.42. The molecule has 2 aromatic rings. The first-order chi connectivity index (χ1) is 12.3. The second kappa shape index (κ2) is 7.58. The molecule has 140 valence electrons. The summed E-state index contributed by atoms with van der Waals surface area (Å²) in [5.41, 5.74) is 2.75. The summed E-state index contributed by atoms with van der Waals surface area (Å²) >= 11 is 3.32. The van der Waals surface area contributed by atoms with E-state index < -0.39 is 10.0 Å². The number of likely N-dealkylation sites (N-methyl/N-ethyl adjacent to an activating group) is 1. The predicted octanol–water partition coefficient (Wildman–Crippen LogP) is 3.68. The molecule has 0 heterocycles. The molecular weight excluding hydrogens is 416 g/mol. The maximum atomic E-state index is 12.9. The minimum absolute atomic E-state index is 0.228. The number of anilines is 1. The van der Waals surface area contributed by atoms with Gasteiger partial charge in [0.15, 0.2) is 0 Å². The van der Waals surface area contributed by atoms with E-state index in [1.807, 2.05) is 6.07 Å². The van der Waals surface area contributed by atoms with Crippen LogP contribution in [0.2, 0.25) is 0 Å². The fraction of sp³-hybridized carbons (Fsp3) is 0.368. The van der Waals surface area contributed by atoms with Gasteiger partial charge in [-0.15, -0.1) is 0 Å². The first-order valence-electron chi connectivity index (χ1n) is 8.46. The smallest absolute Gasteiger partial charge is 0.263 e. The topological polar surface area (TPSA) is 58.6 Å². The van der Waals surface area contributed by atoms with Crippen molar-refractivity contribution in [3.8, 4) is 5.75 Å². The lowest BCUT2D eigenvalue weighted by Gasteiger charge is -2.32. The first kappa shape index (κ1) is 19.2. The van der Waals surface area contributed by atoms with Crippen molar-refractivity contribution in [2.45, 2.75) is 30.2 Å². The van der Waals surface area contributed by atoms with Crippen molar-refractivity contribution >= 4 is 31.6 Å². The molecule has 1 aliphatic rings. The van der Waals surface area contributed by atoms with Gasteiger partial charge in [0.25, 0.3) is 10.0 Å². The van der Waals surface area contributed by atoms with Gasteiger partial charge in [0.1, 0.15) is 10.6 Å². The quantitative estimate of drug-likeness (QED) is 0.773. The third-order valence-corrected chi connectivity index (χ3v) is 7.25. The van der Waals surface area contributed by atoms with Crippen LogP contribution in [0, 0.1) is 0 Å².